The lowest BCUT2D eigenvalue weighted by Crippen LogP contribution is -2.08. The number of phenols is 2. The zero-order chi connectivity index (χ0) is 13.1. The summed E-state index contributed by atoms with van der Waals surface area (Å²) in [7, 11) is 0. The van der Waals surface area contributed by atoms with Crippen LogP contribution in [0.4, 0.5) is 10.1 Å². The Bertz CT molecular complexity index is 540. The van der Waals surface area contributed by atoms with Crippen LogP contribution < -0.4 is 5.32 Å². The number of phenolic OH excluding ortho intramolecular Hbond substituents is 2. The molecule has 1 unspecified atom stereocenters. The third kappa shape index (κ3) is 2.71. The van der Waals surface area contributed by atoms with Gasteiger partial charge in [-0.3, -0.25) is 0 Å². The first-order valence-corrected chi connectivity index (χ1v) is 5.60. The summed E-state index contributed by atoms with van der Waals surface area (Å²) in [6.07, 6.45) is 0. The first-order valence-electron chi connectivity index (χ1n) is 5.60. The Balaban J connectivity index is 2.16. The minimum atomic E-state index is -0.450. The van der Waals surface area contributed by atoms with Crippen LogP contribution >= 0.6 is 0 Å². The number of aromatic hydroxyl groups is 2. The van der Waals surface area contributed by atoms with Gasteiger partial charge in [-0.25, -0.2) is 4.39 Å². The van der Waals surface area contributed by atoms with Gasteiger partial charge in [0.1, 0.15) is 17.3 Å². The van der Waals surface area contributed by atoms with E-state index >= 15 is 0 Å². The smallest absolute Gasteiger partial charge is 0.132 e. The van der Waals surface area contributed by atoms with Crippen molar-refractivity contribution >= 4 is 5.69 Å². The molecule has 0 saturated carbocycles. The molecule has 2 rings (SSSR count). The lowest BCUT2D eigenvalue weighted by Gasteiger charge is -2.16. The first-order chi connectivity index (χ1) is 8.56. The molecule has 3 nitrogen and oxygen atoms in total. The Labute approximate surface area is 105 Å². The molecular formula is C14H14FNO2. The van der Waals surface area contributed by atoms with Gasteiger partial charge in [0.25, 0.3) is 0 Å². The molecule has 0 spiro atoms. The molecular weight excluding hydrogens is 233 g/mol. The van der Waals surface area contributed by atoms with Crippen molar-refractivity contribution in [3.8, 4) is 11.5 Å². The number of hydrogen-bond donors (Lipinski definition) is 3. The topological polar surface area (TPSA) is 52.5 Å². The van der Waals surface area contributed by atoms with Crippen LogP contribution in [-0.2, 0) is 0 Å². The van der Waals surface area contributed by atoms with Gasteiger partial charge < -0.3 is 15.5 Å². The van der Waals surface area contributed by atoms with Gasteiger partial charge >= 0.3 is 0 Å². The van der Waals surface area contributed by atoms with Gasteiger partial charge in [-0.15, -0.1) is 0 Å². The van der Waals surface area contributed by atoms with Crippen LogP contribution in [0.3, 0.4) is 0 Å². The van der Waals surface area contributed by atoms with Gasteiger partial charge in [0.2, 0.25) is 0 Å². The monoisotopic (exact) mass is 247 g/mol. The molecule has 0 aliphatic rings. The Morgan fingerprint density at radius 1 is 1.00 bits per heavy atom. The Kier molecular flexibility index (Phi) is 3.37. The van der Waals surface area contributed by atoms with Crippen LogP contribution in [0, 0.1) is 5.82 Å². The Hall–Kier alpha value is -2.23. The van der Waals surface area contributed by atoms with Gasteiger partial charge in [-0.1, -0.05) is 6.07 Å². The summed E-state index contributed by atoms with van der Waals surface area (Å²) >= 11 is 0. The average Bonchev–Trinajstić information content (AvgIpc) is 2.32. The van der Waals surface area contributed by atoms with E-state index in [1.54, 1.807) is 30.3 Å². The third-order valence-corrected chi connectivity index (χ3v) is 2.70. The van der Waals surface area contributed by atoms with Gasteiger partial charge in [0.15, 0.2) is 0 Å². The molecule has 4 heteroatoms. The highest BCUT2D eigenvalue weighted by molar-refractivity contribution is 5.48. The normalized spacial score (nSPS) is 12.1. The van der Waals surface area contributed by atoms with Crippen molar-refractivity contribution in [2.75, 3.05) is 5.32 Å². The van der Waals surface area contributed by atoms with Crippen LogP contribution in [0.25, 0.3) is 0 Å². The van der Waals surface area contributed by atoms with Crippen molar-refractivity contribution in [1.82, 2.24) is 0 Å². The maximum Gasteiger partial charge on any atom is 0.132 e. The van der Waals surface area contributed by atoms with E-state index < -0.39 is 5.82 Å². The molecule has 0 radical (unpaired) electrons. The van der Waals surface area contributed by atoms with Crippen molar-refractivity contribution in [2.45, 2.75) is 13.0 Å². The van der Waals surface area contributed by atoms with E-state index in [1.807, 2.05) is 6.92 Å². The van der Waals surface area contributed by atoms with Crippen LogP contribution in [0.1, 0.15) is 18.5 Å². The molecule has 0 aliphatic carbocycles. The molecule has 0 saturated heterocycles. The quantitative estimate of drug-likeness (QED) is 0.728. The molecule has 0 heterocycles. The first kappa shape index (κ1) is 12.2. The fraction of sp³-hybridized carbons (Fsp3) is 0.143. The number of anilines is 1. The maximum absolute atomic E-state index is 13.6. The minimum Gasteiger partial charge on any atom is -0.508 e. The van der Waals surface area contributed by atoms with Crippen molar-refractivity contribution in [3.63, 3.8) is 0 Å². The second-order valence-electron chi connectivity index (χ2n) is 4.12. The van der Waals surface area contributed by atoms with E-state index in [2.05, 4.69) is 5.32 Å². The molecule has 18 heavy (non-hydrogen) atoms. The van der Waals surface area contributed by atoms with Crippen LogP contribution in [0.2, 0.25) is 0 Å². The average molecular weight is 247 g/mol. The van der Waals surface area contributed by atoms with E-state index in [9.17, 15) is 4.39 Å². The highest BCUT2D eigenvalue weighted by Crippen LogP contribution is 2.25. The van der Waals surface area contributed by atoms with Gasteiger partial charge in [0.05, 0.1) is 6.04 Å². The molecule has 3 N–H and O–H groups in total. The molecule has 0 aromatic heterocycles. The van der Waals surface area contributed by atoms with E-state index in [0.29, 0.717) is 5.56 Å². The fourth-order valence-corrected chi connectivity index (χ4v) is 1.75. The zero-order valence-corrected chi connectivity index (χ0v) is 9.89. The Morgan fingerprint density at radius 3 is 2.22 bits per heavy atom. The van der Waals surface area contributed by atoms with Crippen molar-refractivity contribution in [1.29, 1.82) is 0 Å². The van der Waals surface area contributed by atoms with Gasteiger partial charge in [0, 0.05) is 17.3 Å². The molecule has 94 valence electrons. The van der Waals surface area contributed by atoms with Crippen molar-refractivity contribution in [3.05, 3.63) is 53.8 Å². The molecule has 1 atom stereocenters. The molecule has 0 aliphatic heterocycles. The largest absolute Gasteiger partial charge is 0.508 e. The van der Waals surface area contributed by atoms with Crippen molar-refractivity contribution in [2.24, 2.45) is 0 Å². The highest BCUT2D eigenvalue weighted by Gasteiger charge is 2.11. The second kappa shape index (κ2) is 4.96. The molecule has 0 amide bonds. The lowest BCUT2D eigenvalue weighted by molar-refractivity contribution is 0.467. The summed E-state index contributed by atoms with van der Waals surface area (Å²) in [5.74, 6) is -0.356. The van der Waals surface area contributed by atoms with Crippen LogP contribution in [0.5, 0.6) is 11.5 Å². The summed E-state index contributed by atoms with van der Waals surface area (Å²) < 4.78 is 13.6. The number of halogens is 1. The Morgan fingerprint density at radius 2 is 1.61 bits per heavy atom. The number of benzene rings is 2. The molecule has 0 bridgehead atoms. The second-order valence-corrected chi connectivity index (χ2v) is 4.12. The van der Waals surface area contributed by atoms with E-state index in [-0.39, 0.29) is 17.5 Å². The van der Waals surface area contributed by atoms with Crippen molar-refractivity contribution < 1.29 is 14.6 Å². The van der Waals surface area contributed by atoms with E-state index in [4.69, 9.17) is 10.2 Å². The van der Waals surface area contributed by atoms with Gasteiger partial charge in [-0.05, 0) is 37.3 Å². The fourth-order valence-electron chi connectivity index (χ4n) is 1.75. The summed E-state index contributed by atoms with van der Waals surface area (Å²) in [4.78, 5) is 0. The van der Waals surface area contributed by atoms with E-state index in [1.165, 1.54) is 6.07 Å². The minimum absolute atomic E-state index is 0.0897. The maximum atomic E-state index is 13.6. The summed E-state index contributed by atoms with van der Waals surface area (Å²) in [6.45, 7) is 1.82. The van der Waals surface area contributed by atoms with Gasteiger partial charge in [-0.2, -0.15) is 0 Å². The van der Waals surface area contributed by atoms with Crippen LogP contribution in [-0.4, -0.2) is 10.2 Å². The lowest BCUT2D eigenvalue weighted by atomic mass is 10.1. The number of rotatable bonds is 3. The van der Waals surface area contributed by atoms with Crippen LogP contribution in [0.15, 0.2) is 42.5 Å². The number of nitrogens with one attached hydrogen (secondary N) is 1. The highest BCUT2D eigenvalue weighted by atomic mass is 19.1. The summed E-state index contributed by atoms with van der Waals surface area (Å²) in [5.41, 5.74) is 1.26. The SMILES string of the molecule is CC(Nc1ccc(O)cc1)c1ccc(O)cc1F. The molecule has 2 aromatic carbocycles. The molecule has 2 aromatic rings. The van der Waals surface area contributed by atoms with E-state index in [0.717, 1.165) is 11.8 Å². The molecule has 0 fully saturated rings. The zero-order valence-electron chi connectivity index (χ0n) is 9.89. The number of hydrogen-bond acceptors (Lipinski definition) is 3. The summed E-state index contributed by atoms with van der Waals surface area (Å²) in [6, 6.07) is 10.4. The standard InChI is InChI=1S/C14H14FNO2/c1-9(13-7-6-12(18)8-14(13)15)16-10-2-4-11(17)5-3-10/h2-9,16-18H,1H3. The predicted octanol–water partition coefficient (Wildman–Crippen LogP) is 3.41. The summed E-state index contributed by atoms with van der Waals surface area (Å²) in [5, 5.41) is 21.4. The predicted molar refractivity (Wildman–Crippen MR) is 68.2 cm³/mol. The third-order valence-electron chi connectivity index (χ3n) is 2.70.